The van der Waals surface area contributed by atoms with Crippen LogP contribution >= 0.6 is 23.4 Å². The quantitative estimate of drug-likeness (QED) is 0.607. The molecular weight excluding hydrogens is 448 g/mol. The first-order valence-electron chi connectivity index (χ1n) is 11.0. The molecule has 170 valence electrons. The highest BCUT2D eigenvalue weighted by molar-refractivity contribution is 7.99. The lowest BCUT2D eigenvalue weighted by molar-refractivity contribution is -0.113. The number of rotatable bonds is 7. The Morgan fingerprint density at radius 2 is 2.16 bits per heavy atom. The summed E-state index contributed by atoms with van der Waals surface area (Å²) in [5.41, 5.74) is 0.935. The minimum atomic E-state index is -0.171. The fraction of sp³-hybridized carbons (Fsp3) is 0.545. The van der Waals surface area contributed by atoms with E-state index in [1.54, 1.807) is 18.2 Å². The Hall–Kier alpha value is -2.28. The van der Waals surface area contributed by atoms with Gasteiger partial charge in [0.05, 0.1) is 29.0 Å². The number of ether oxygens (including phenoxy) is 1. The maximum Gasteiger partial charge on any atom is 0.234 e. The highest BCUT2D eigenvalue weighted by Gasteiger charge is 2.26. The predicted molar refractivity (Wildman–Crippen MR) is 125 cm³/mol. The summed E-state index contributed by atoms with van der Waals surface area (Å²) in [6, 6.07) is 6.85. The van der Waals surface area contributed by atoms with Gasteiger partial charge in [-0.15, -0.1) is 10.2 Å². The lowest BCUT2D eigenvalue weighted by Crippen LogP contribution is -2.35. The highest BCUT2D eigenvalue weighted by atomic mass is 35.5. The number of amides is 1. The number of nitriles is 1. The van der Waals surface area contributed by atoms with Crippen molar-refractivity contribution in [2.75, 3.05) is 35.7 Å². The van der Waals surface area contributed by atoms with E-state index in [0.717, 1.165) is 62.4 Å². The van der Waals surface area contributed by atoms with Crippen molar-refractivity contribution in [2.24, 2.45) is 5.92 Å². The molecule has 0 bridgehead atoms. The monoisotopic (exact) mass is 474 g/mol. The predicted octanol–water partition coefficient (Wildman–Crippen LogP) is 3.95. The van der Waals surface area contributed by atoms with E-state index in [-0.39, 0.29) is 17.8 Å². The lowest BCUT2D eigenvalue weighted by atomic mass is 10.00. The molecule has 1 N–H and O–H groups in total. The first-order chi connectivity index (χ1) is 15.5. The van der Waals surface area contributed by atoms with E-state index in [1.807, 2.05) is 6.07 Å². The molecule has 2 aliphatic heterocycles. The topological polar surface area (TPSA) is 96.1 Å². The van der Waals surface area contributed by atoms with Gasteiger partial charge < -0.3 is 15.0 Å². The first-order valence-corrected chi connectivity index (χ1v) is 12.3. The average molecular weight is 475 g/mol. The molecule has 2 aliphatic rings. The van der Waals surface area contributed by atoms with Crippen LogP contribution in [0.25, 0.3) is 0 Å². The van der Waals surface area contributed by atoms with E-state index in [0.29, 0.717) is 22.8 Å². The van der Waals surface area contributed by atoms with Crippen LogP contribution in [0.15, 0.2) is 23.4 Å². The molecule has 2 fully saturated rings. The molecule has 1 atom stereocenters. The minimum Gasteiger partial charge on any atom is -0.376 e. The summed E-state index contributed by atoms with van der Waals surface area (Å²) in [5, 5.41) is 21.7. The molecule has 1 aromatic carbocycles. The van der Waals surface area contributed by atoms with Crippen LogP contribution in [0.4, 0.5) is 11.6 Å². The number of carbonyl (C=O) groups excluding carboxylic acids is 1. The van der Waals surface area contributed by atoms with Crippen molar-refractivity contribution < 1.29 is 9.53 Å². The number of nitrogens with zero attached hydrogens (tertiary/aromatic N) is 5. The molecular formula is C22H27ClN6O2S. The van der Waals surface area contributed by atoms with E-state index < -0.39 is 0 Å². The number of carbonyl (C=O) groups is 1. The summed E-state index contributed by atoms with van der Waals surface area (Å²) >= 11 is 7.42. The molecule has 1 unspecified atom stereocenters. The van der Waals surface area contributed by atoms with Gasteiger partial charge in [0.25, 0.3) is 0 Å². The summed E-state index contributed by atoms with van der Waals surface area (Å²) in [5.74, 6) is 1.62. The van der Waals surface area contributed by atoms with Gasteiger partial charge in [-0.25, -0.2) is 0 Å². The van der Waals surface area contributed by atoms with Crippen LogP contribution in [0.1, 0.15) is 38.2 Å². The maximum atomic E-state index is 12.5. The fourth-order valence-electron chi connectivity index (χ4n) is 3.99. The lowest BCUT2D eigenvalue weighted by Gasteiger charge is -2.31. The molecule has 2 saturated heterocycles. The molecule has 4 rings (SSSR count). The van der Waals surface area contributed by atoms with Gasteiger partial charge in [-0.05, 0) is 49.8 Å². The van der Waals surface area contributed by atoms with Gasteiger partial charge in [0.1, 0.15) is 6.07 Å². The zero-order chi connectivity index (χ0) is 22.5. The van der Waals surface area contributed by atoms with Crippen molar-refractivity contribution >= 4 is 40.9 Å². The number of aromatic nitrogens is 3. The number of anilines is 2. The second kappa shape index (κ2) is 10.6. The first kappa shape index (κ1) is 22.9. The second-order valence-electron chi connectivity index (χ2n) is 8.34. The van der Waals surface area contributed by atoms with E-state index in [4.69, 9.17) is 21.6 Å². The van der Waals surface area contributed by atoms with Gasteiger partial charge in [0.15, 0.2) is 5.16 Å². The smallest absolute Gasteiger partial charge is 0.234 e. The van der Waals surface area contributed by atoms with Gasteiger partial charge in [-0.2, -0.15) is 5.26 Å². The standard InChI is InChI=1S/C22H27ClN6O2S/c1-15-6-8-28(9-7-15)21-26-27-22(29(21)13-18-3-2-10-31-18)32-14-20(30)25-17-5-4-16(12-24)19(23)11-17/h4-5,11,15,18H,2-3,6-10,13-14H2,1H3,(H,25,30). The number of hydrogen-bond acceptors (Lipinski definition) is 7. The van der Waals surface area contributed by atoms with Crippen molar-refractivity contribution in [2.45, 2.75) is 50.4 Å². The fourth-order valence-corrected chi connectivity index (χ4v) is 4.96. The Kier molecular flexibility index (Phi) is 7.55. The Balaban J connectivity index is 1.43. The van der Waals surface area contributed by atoms with E-state index in [1.165, 1.54) is 11.8 Å². The van der Waals surface area contributed by atoms with Gasteiger partial charge in [0.2, 0.25) is 11.9 Å². The molecule has 3 heterocycles. The van der Waals surface area contributed by atoms with Crippen LogP contribution in [0, 0.1) is 17.2 Å². The summed E-state index contributed by atoms with van der Waals surface area (Å²) in [4.78, 5) is 14.8. The van der Waals surface area contributed by atoms with Crippen LogP contribution in [0.2, 0.25) is 5.02 Å². The van der Waals surface area contributed by atoms with Crippen LogP contribution in [-0.4, -0.2) is 52.2 Å². The van der Waals surface area contributed by atoms with Gasteiger partial charge in [-0.1, -0.05) is 30.3 Å². The van der Waals surface area contributed by atoms with E-state index >= 15 is 0 Å². The zero-order valence-corrected chi connectivity index (χ0v) is 19.7. The second-order valence-corrected chi connectivity index (χ2v) is 9.69. The molecule has 10 heteroatoms. The molecule has 32 heavy (non-hydrogen) atoms. The van der Waals surface area contributed by atoms with E-state index in [9.17, 15) is 4.79 Å². The van der Waals surface area contributed by atoms with Crippen LogP contribution < -0.4 is 10.2 Å². The summed E-state index contributed by atoms with van der Waals surface area (Å²) in [6.45, 7) is 5.71. The van der Waals surface area contributed by atoms with Gasteiger partial charge >= 0.3 is 0 Å². The number of benzene rings is 1. The minimum absolute atomic E-state index is 0.155. The molecule has 0 saturated carbocycles. The average Bonchev–Trinajstić information content (AvgIpc) is 3.44. The van der Waals surface area contributed by atoms with Crippen molar-refractivity contribution in [3.8, 4) is 6.07 Å². The summed E-state index contributed by atoms with van der Waals surface area (Å²) in [6.07, 6.45) is 4.54. The summed E-state index contributed by atoms with van der Waals surface area (Å²) in [7, 11) is 0. The van der Waals surface area contributed by atoms with Crippen LogP contribution in [0.5, 0.6) is 0 Å². The van der Waals surface area contributed by atoms with Gasteiger partial charge in [-0.3, -0.25) is 9.36 Å². The zero-order valence-electron chi connectivity index (χ0n) is 18.1. The third-order valence-electron chi connectivity index (χ3n) is 5.88. The molecule has 0 radical (unpaired) electrons. The normalized spacial score (nSPS) is 19.2. The molecule has 0 spiro atoms. The molecule has 1 amide bonds. The van der Waals surface area contributed by atoms with Crippen molar-refractivity contribution in [1.82, 2.24) is 14.8 Å². The number of halogens is 1. The highest BCUT2D eigenvalue weighted by Crippen LogP contribution is 2.28. The molecule has 0 aliphatic carbocycles. The molecule has 1 aromatic heterocycles. The number of piperidine rings is 1. The number of hydrogen-bond donors (Lipinski definition) is 1. The van der Waals surface area contributed by atoms with Crippen molar-refractivity contribution in [1.29, 1.82) is 5.26 Å². The Morgan fingerprint density at radius 1 is 1.34 bits per heavy atom. The van der Waals surface area contributed by atoms with E-state index in [2.05, 4.69) is 31.9 Å². The summed E-state index contributed by atoms with van der Waals surface area (Å²) < 4.78 is 7.97. The maximum absolute atomic E-state index is 12.5. The SMILES string of the molecule is CC1CCN(c2nnc(SCC(=O)Nc3ccc(C#N)c(Cl)c3)n2CC2CCCO2)CC1. The van der Waals surface area contributed by atoms with Crippen LogP contribution in [-0.2, 0) is 16.1 Å². The van der Waals surface area contributed by atoms with Crippen molar-refractivity contribution in [3.05, 3.63) is 28.8 Å². The van der Waals surface area contributed by atoms with Crippen molar-refractivity contribution in [3.63, 3.8) is 0 Å². The number of thioether (sulfide) groups is 1. The third-order valence-corrected chi connectivity index (χ3v) is 7.16. The third kappa shape index (κ3) is 5.55. The Morgan fingerprint density at radius 3 is 2.84 bits per heavy atom. The molecule has 8 nitrogen and oxygen atoms in total. The van der Waals surface area contributed by atoms with Gasteiger partial charge in [0, 0.05) is 25.4 Å². The Labute approximate surface area is 197 Å². The number of nitrogens with one attached hydrogen (secondary N) is 1. The molecule has 2 aromatic rings. The largest absolute Gasteiger partial charge is 0.376 e. The van der Waals surface area contributed by atoms with Crippen LogP contribution in [0.3, 0.4) is 0 Å². The Bertz CT molecular complexity index is 993.